The summed E-state index contributed by atoms with van der Waals surface area (Å²) in [5.41, 5.74) is 1.76. The van der Waals surface area contributed by atoms with E-state index in [1.807, 2.05) is 31.2 Å². The predicted octanol–water partition coefficient (Wildman–Crippen LogP) is 2.47. The van der Waals surface area contributed by atoms with Gasteiger partial charge in [0.15, 0.2) is 5.96 Å². The lowest BCUT2D eigenvalue weighted by Crippen LogP contribution is -2.40. The van der Waals surface area contributed by atoms with Crippen LogP contribution in [0.5, 0.6) is 0 Å². The molecule has 8 heteroatoms. The number of carbonyl (C=O) groups is 2. The summed E-state index contributed by atoms with van der Waals surface area (Å²) in [6.07, 6.45) is 0. The summed E-state index contributed by atoms with van der Waals surface area (Å²) in [5, 5.41) is 6.07. The summed E-state index contributed by atoms with van der Waals surface area (Å²) in [5.74, 6) is 0.606. The van der Waals surface area contributed by atoms with Crippen LogP contribution < -0.4 is 10.6 Å². The van der Waals surface area contributed by atoms with Crippen molar-refractivity contribution >= 4 is 47.5 Å². The number of ether oxygens (including phenoxy) is 1. The summed E-state index contributed by atoms with van der Waals surface area (Å²) in [4.78, 5) is 29.9. The fourth-order valence-electron chi connectivity index (χ4n) is 3.14. The molecule has 2 atom stereocenters. The van der Waals surface area contributed by atoms with Gasteiger partial charge >= 0.3 is 5.97 Å². The minimum atomic E-state index is -0.168. The Morgan fingerprint density at radius 2 is 2.07 bits per heavy atom. The summed E-state index contributed by atoms with van der Waals surface area (Å²) < 4.78 is 4.91. The van der Waals surface area contributed by atoms with Crippen LogP contribution in [-0.2, 0) is 20.9 Å². The lowest BCUT2D eigenvalue weighted by Gasteiger charge is -2.21. The smallest absolute Gasteiger partial charge is 0.310 e. The maximum Gasteiger partial charge on any atom is 0.310 e. The molecular weight excluding hydrogens is 459 g/mol. The molecule has 1 saturated heterocycles. The molecule has 0 bridgehead atoms. The third kappa shape index (κ3) is 6.67. The van der Waals surface area contributed by atoms with Gasteiger partial charge in [-0.2, -0.15) is 0 Å². The molecule has 27 heavy (non-hydrogen) atoms. The van der Waals surface area contributed by atoms with Crippen LogP contribution in [-0.4, -0.2) is 49.5 Å². The van der Waals surface area contributed by atoms with Gasteiger partial charge in [-0.25, -0.2) is 4.99 Å². The summed E-state index contributed by atoms with van der Waals surface area (Å²) in [6, 6.07) is 7.64. The molecule has 0 spiro atoms. The van der Waals surface area contributed by atoms with Gasteiger partial charge in [-0.1, -0.05) is 19.1 Å². The molecule has 1 aliphatic heterocycles. The fourth-order valence-corrected chi connectivity index (χ4v) is 3.14. The first kappa shape index (κ1) is 23.2. The van der Waals surface area contributed by atoms with Crippen LogP contribution >= 0.6 is 24.0 Å². The van der Waals surface area contributed by atoms with Gasteiger partial charge in [-0.3, -0.25) is 9.59 Å². The van der Waals surface area contributed by atoms with Crippen LogP contribution in [0.3, 0.4) is 0 Å². The minimum Gasteiger partial charge on any atom is -0.469 e. The first-order chi connectivity index (χ1) is 12.4. The molecule has 7 nitrogen and oxygen atoms in total. The highest BCUT2D eigenvalue weighted by atomic mass is 127. The van der Waals surface area contributed by atoms with Gasteiger partial charge < -0.3 is 20.3 Å². The van der Waals surface area contributed by atoms with Gasteiger partial charge in [0.2, 0.25) is 5.91 Å². The van der Waals surface area contributed by atoms with E-state index in [0.717, 1.165) is 30.3 Å². The molecule has 0 saturated carbocycles. The average Bonchev–Trinajstić information content (AvgIpc) is 2.99. The molecule has 2 rings (SSSR count). The minimum absolute atomic E-state index is 0. The molecule has 1 aliphatic rings. The third-order valence-electron chi connectivity index (χ3n) is 4.41. The Morgan fingerprint density at radius 1 is 1.33 bits per heavy atom. The van der Waals surface area contributed by atoms with E-state index in [1.165, 1.54) is 14.0 Å². The standard InChI is InChI=1S/C19H28N4O3.HI/c1-5-20-19(23-11-13(2)17(12-23)18(25)26-4)21-10-15-7-6-8-16(9-15)22-14(3)24;/h6-9,13,17H,5,10-12H2,1-4H3,(H,20,21)(H,22,24);1H. The van der Waals surface area contributed by atoms with Crippen molar-refractivity contribution in [1.82, 2.24) is 10.2 Å². The largest absolute Gasteiger partial charge is 0.469 e. The number of nitrogens with zero attached hydrogens (tertiary/aromatic N) is 2. The van der Waals surface area contributed by atoms with Crippen molar-refractivity contribution in [3.8, 4) is 0 Å². The number of benzene rings is 1. The first-order valence-electron chi connectivity index (χ1n) is 8.92. The second kappa shape index (κ2) is 11.1. The van der Waals surface area contributed by atoms with E-state index in [-0.39, 0.29) is 47.7 Å². The monoisotopic (exact) mass is 488 g/mol. The third-order valence-corrected chi connectivity index (χ3v) is 4.41. The lowest BCUT2D eigenvalue weighted by molar-refractivity contribution is -0.146. The van der Waals surface area contributed by atoms with E-state index in [2.05, 4.69) is 22.5 Å². The van der Waals surface area contributed by atoms with Crippen molar-refractivity contribution in [3.63, 3.8) is 0 Å². The van der Waals surface area contributed by atoms with E-state index in [9.17, 15) is 9.59 Å². The van der Waals surface area contributed by atoms with Crippen LogP contribution in [0.2, 0.25) is 0 Å². The molecule has 1 amide bonds. The number of carbonyl (C=O) groups excluding carboxylic acids is 2. The zero-order valence-corrected chi connectivity index (χ0v) is 18.7. The van der Waals surface area contributed by atoms with Crippen molar-refractivity contribution in [3.05, 3.63) is 29.8 Å². The molecule has 1 fully saturated rings. The van der Waals surface area contributed by atoms with Gasteiger partial charge in [-0.15, -0.1) is 24.0 Å². The Balaban J connectivity index is 0.00000364. The van der Waals surface area contributed by atoms with Crippen molar-refractivity contribution in [1.29, 1.82) is 0 Å². The zero-order valence-electron chi connectivity index (χ0n) is 16.3. The number of likely N-dealkylation sites (tertiary alicyclic amines) is 1. The highest BCUT2D eigenvalue weighted by Crippen LogP contribution is 2.24. The number of guanidine groups is 1. The molecule has 2 N–H and O–H groups in total. The normalized spacial score (nSPS) is 19.3. The van der Waals surface area contributed by atoms with E-state index in [0.29, 0.717) is 13.1 Å². The molecule has 2 unspecified atom stereocenters. The highest BCUT2D eigenvalue weighted by Gasteiger charge is 2.36. The highest BCUT2D eigenvalue weighted by molar-refractivity contribution is 14.0. The zero-order chi connectivity index (χ0) is 19.1. The van der Waals surface area contributed by atoms with E-state index < -0.39 is 0 Å². The fraction of sp³-hybridized carbons (Fsp3) is 0.526. The summed E-state index contributed by atoms with van der Waals surface area (Å²) in [7, 11) is 1.43. The lowest BCUT2D eigenvalue weighted by atomic mass is 9.99. The number of rotatable bonds is 5. The van der Waals surface area contributed by atoms with Crippen molar-refractivity contribution in [2.45, 2.75) is 27.3 Å². The number of hydrogen-bond donors (Lipinski definition) is 2. The quantitative estimate of drug-likeness (QED) is 0.288. The topological polar surface area (TPSA) is 83.0 Å². The number of amides is 1. The molecule has 0 radical (unpaired) electrons. The van der Waals surface area contributed by atoms with Crippen LogP contribution in [0.4, 0.5) is 5.69 Å². The first-order valence-corrected chi connectivity index (χ1v) is 8.92. The summed E-state index contributed by atoms with van der Waals surface area (Å²) >= 11 is 0. The number of nitrogens with one attached hydrogen (secondary N) is 2. The Hall–Kier alpha value is -1.84. The molecule has 1 heterocycles. The number of methoxy groups -OCH3 is 1. The molecule has 1 aromatic carbocycles. The Bertz CT molecular complexity index is 681. The van der Waals surface area contributed by atoms with Gasteiger partial charge in [0.05, 0.1) is 19.6 Å². The Kier molecular flexibility index (Phi) is 9.54. The molecule has 0 aliphatic carbocycles. The molecule has 0 aromatic heterocycles. The Morgan fingerprint density at radius 3 is 2.70 bits per heavy atom. The SMILES string of the molecule is CCNC(=NCc1cccc(NC(C)=O)c1)N1CC(C)C(C(=O)OC)C1.I. The van der Waals surface area contributed by atoms with Crippen molar-refractivity contribution < 1.29 is 14.3 Å². The van der Waals surface area contributed by atoms with Gasteiger partial charge in [-0.05, 0) is 30.5 Å². The van der Waals surface area contributed by atoms with Gasteiger partial charge in [0.25, 0.3) is 0 Å². The second-order valence-corrected chi connectivity index (χ2v) is 6.56. The Labute approximate surface area is 178 Å². The number of anilines is 1. The van der Waals surface area contributed by atoms with Crippen LogP contribution in [0.15, 0.2) is 29.3 Å². The summed E-state index contributed by atoms with van der Waals surface area (Å²) in [6.45, 7) is 8.16. The van der Waals surface area contributed by atoms with Crippen LogP contribution in [0.1, 0.15) is 26.3 Å². The van der Waals surface area contributed by atoms with E-state index >= 15 is 0 Å². The number of aliphatic imine (C=N–C) groups is 1. The van der Waals surface area contributed by atoms with Crippen LogP contribution in [0.25, 0.3) is 0 Å². The van der Waals surface area contributed by atoms with E-state index in [1.54, 1.807) is 0 Å². The van der Waals surface area contributed by atoms with Crippen molar-refractivity contribution in [2.75, 3.05) is 32.1 Å². The maximum absolute atomic E-state index is 11.9. The second-order valence-electron chi connectivity index (χ2n) is 6.56. The van der Waals surface area contributed by atoms with E-state index in [4.69, 9.17) is 9.73 Å². The van der Waals surface area contributed by atoms with Crippen LogP contribution in [0, 0.1) is 11.8 Å². The van der Waals surface area contributed by atoms with Gasteiger partial charge in [0, 0.05) is 32.2 Å². The number of hydrogen-bond acceptors (Lipinski definition) is 4. The average molecular weight is 488 g/mol. The molecular formula is C19H29IN4O3. The molecule has 1 aromatic rings. The van der Waals surface area contributed by atoms with Gasteiger partial charge in [0.1, 0.15) is 0 Å². The number of halogens is 1. The van der Waals surface area contributed by atoms with Crippen molar-refractivity contribution in [2.24, 2.45) is 16.8 Å². The number of esters is 1. The predicted molar refractivity (Wildman–Crippen MR) is 117 cm³/mol. The molecule has 150 valence electrons. The maximum atomic E-state index is 11.9.